The summed E-state index contributed by atoms with van der Waals surface area (Å²) in [5.74, 6) is 0. The van der Waals surface area contributed by atoms with Crippen LogP contribution >= 0.6 is 0 Å². The summed E-state index contributed by atoms with van der Waals surface area (Å²) in [6, 6.07) is 11.3. The maximum Gasteiger partial charge on any atom is 0.114 e. The van der Waals surface area contributed by atoms with E-state index in [1.165, 1.54) is 5.56 Å². The molecule has 2 aliphatic rings. The minimum absolute atomic E-state index is 0.155. The fourth-order valence-electron chi connectivity index (χ4n) is 3.70. The average Bonchev–Trinajstić information content (AvgIpc) is 3.10. The van der Waals surface area contributed by atoms with Crippen molar-refractivity contribution in [3.8, 4) is 0 Å². The summed E-state index contributed by atoms with van der Waals surface area (Å²) in [5.41, 5.74) is 1.06. The molecular formula is C19H28N2O2. The number of hydrogen-bond donors (Lipinski definition) is 2. The minimum atomic E-state index is -0.286. The summed E-state index contributed by atoms with van der Waals surface area (Å²) in [6.07, 6.45) is 4.18. The van der Waals surface area contributed by atoms with Gasteiger partial charge in [0.25, 0.3) is 0 Å². The Bertz CT molecular complexity index is 517. The maximum atomic E-state index is 6.32. The summed E-state index contributed by atoms with van der Waals surface area (Å²) >= 11 is 0. The smallest absolute Gasteiger partial charge is 0.114 e. The number of hydrogen-bond acceptors (Lipinski definition) is 4. The van der Waals surface area contributed by atoms with Crippen LogP contribution in [-0.4, -0.2) is 43.2 Å². The Morgan fingerprint density at radius 2 is 2.13 bits per heavy atom. The zero-order valence-corrected chi connectivity index (χ0v) is 14.1. The summed E-state index contributed by atoms with van der Waals surface area (Å²) in [7, 11) is 0. The summed E-state index contributed by atoms with van der Waals surface area (Å²) in [4.78, 5) is 0. The summed E-state index contributed by atoms with van der Waals surface area (Å²) < 4.78 is 12.1. The minimum Gasteiger partial charge on any atom is -0.373 e. The second-order valence-corrected chi connectivity index (χ2v) is 7.03. The Hall–Kier alpha value is -1.20. The van der Waals surface area contributed by atoms with Gasteiger partial charge < -0.3 is 14.8 Å². The van der Waals surface area contributed by atoms with Crippen molar-refractivity contribution in [3.63, 3.8) is 0 Å². The molecule has 1 aromatic rings. The van der Waals surface area contributed by atoms with Gasteiger partial charge in [0.05, 0.1) is 18.8 Å². The first-order valence-corrected chi connectivity index (χ1v) is 8.53. The Morgan fingerprint density at radius 1 is 1.35 bits per heavy atom. The topological polar surface area (TPSA) is 42.5 Å². The van der Waals surface area contributed by atoms with Crippen molar-refractivity contribution in [2.75, 3.05) is 13.2 Å². The second-order valence-electron chi connectivity index (χ2n) is 7.03. The van der Waals surface area contributed by atoms with Crippen LogP contribution in [0.1, 0.15) is 25.8 Å². The van der Waals surface area contributed by atoms with Crippen molar-refractivity contribution < 1.29 is 9.47 Å². The maximum absolute atomic E-state index is 6.32. The highest BCUT2D eigenvalue weighted by molar-refractivity contribution is 5.17. The first kappa shape index (κ1) is 16.7. The van der Waals surface area contributed by atoms with Crippen molar-refractivity contribution in [1.29, 1.82) is 0 Å². The van der Waals surface area contributed by atoms with Gasteiger partial charge >= 0.3 is 0 Å². The van der Waals surface area contributed by atoms with Crippen molar-refractivity contribution in [3.05, 3.63) is 48.6 Å². The lowest BCUT2D eigenvalue weighted by Gasteiger charge is -2.24. The zero-order chi connectivity index (χ0) is 16.3. The SMILES string of the molecule is C=CCOC1CNC(C2OC(C)(C)NC2Cc2ccccc2)C1. The van der Waals surface area contributed by atoms with E-state index in [4.69, 9.17) is 9.47 Å². The molecule has 1 aromatic carbocycles. The molecule has 23 heavy (non-hydrogen) atoms. The lowest BCUT2D eigenvalue weighted by atomic mass is 9.96. The van der Waals surface area contributed by atoms with Gasteiger partial charge in [0, 0.05) is 18.6 Å². The molecule has 0 radical (unpaired) electrons. The van der Waals surface area contributed by atoms with Crippen LogP contribution in [0.4, 0.5) is 0 Å². The molecule has 3 rings (SSSR count). The van der Waals surface area contributed by atoms with Crippen LogP contribution in [0.5, 0.6) is 0 Å². The molecule has 4 heteroatoms. The van der Waals surface area contributed by atoms with Gasteiger partial charge in [0.2, 0.25) is 0 Å². The van der Waals surface area contributed by atoms with E-state index in [1.54, 1.807) is 0 Å². The van der Waals surface area contributed by atoms with Crippen LogP contribution in [-0.2, 0) is 15.9 Å². The van der Waals surface area contributed by atoms with Gasteiger partial charge in [-0.1, -0.05) is 36.4 Å². The summed E-state index contributed by atoms with van der Waals surface area (Å²) in [6.45, 7) is 9.42. The molecule has 0 aliphatic carbocycles. The van der Waals surface area contributed by atoms with Crippen LogP contribution in [0.2, 0.25) is 0 Å². The molecule has 0 amide bonds. The van der Waals surface area contributed by atoms with Gasteiger partial charge in [-0.3, -0.25) is 5.32 Å². The Balaban J connectivity index is 1.65. The highest BCUT2D eigenvalue weighted by atomic mass is 16.5. The van der Waals surface area contributed by atoms with Gasteiger partial charge in [-0.2, -0.15) is 0 Å². The normalized spacial score (nSPS) is 33.0. The van der Waals surface area contributed by atoms with E-state index in [1.807, 2.05) is 6.08 Å². The van der Waals surface area contributed by atoms with Gasteiger partial charge in [0.15, 0.2) is 0 Å². The predicted octanol–water partition coefficient (Wildman–Crippen LogP) is 2.26. The Labute approximate surface area is 139 Å². The Morgan fingerprint density at radius 3 is 2.87 bits per heavy atom. The number of rotatable bonds is 6. The van der Waals surface area contributed by atoms with E-state index in [2.05, 4.69) is 61.4 Å². The first-order valence-electron chi connectivity index (χ1n) is 8.53. The van der Waals surface area contributed by atoms with Gasteiger partial charge in [-0.25, -0.2) is 0 Å². The molecule has 4 unspecified atom stereocenters. The molecule has 0 bridgehead atoms. The predicted molar refractivity (Wildman–Crippen MR) is 92.4 cm³/mol. The number of nitrogens with one attached hydrogen (secondary N) is 2. The molecule has 0 saturated carbocycles. The third-order valence-corrected chi connectivity index (χ3v) is 4.63. The first-order chi connectivity index (χ1) is 11.1. The molecule has 2 saturated heterocycles. The van der Waals surface area contributed by atoms with Gasteiger partial charge in [0.1, 0.15) is 5.72 Å². The van der Waals surface area contributed by atoms with Crippen LogP contribution < -0.4 is 10.6 Å². The lowest BCUT2D eigenvalue weighted by molar-refractivity contribution is -0.0391. The van der Waals surface area contributed by atoms with Crippen molar-refractivity contribution in [2.24, 2.45) is 0 Å². The average molecular weight is 316 g/mol. The van der Waals surface area contributed by atoms with E-state index >= 15 is 0 Å². The van der Waals surface area contributed by atoms with Crippen molar-refractivity contribution in [2.45, 2.75) is 56.7 Å². The molecule has 126 valence electrons. The highest BCUT2D eigenvalue weighted by Crippen LogP contribution is 2.29. The lowest BCUT2D eigenvalue weighted by Crippen LogP contribution is -2.45. The van der Waals surface area contributed by atoms with Crippen LogP contribution in [0.25, 0.3) is 0 Å². The Kier molecular flexibility index (Phi) is 5.17. The molecule has 2 heterocycles. The van der Waals surface area contributed by atoms with E-state index in [9.17, 15) is 0 Å². The fraction of sp³-hybridized carbons (Fsp3) is 0.579. The molecule has 0 aromatic heterocycles. The number of benzene rings is 1. The van der Waals surface area contributed by atoms with Gasteiger partial charge in [-0.05, 0) is 32.3 Å². The van der Waals surface area contributed by atoms with Crippen molar-refractivity contribution >= 4 is 0 Å². The van der Waals surface area contributed by atoms with Gasteiger partial charge in [-0.15, -0.1) is 6.58 Å². The molecular weight excluding hydrogens is 288 g/mol. The molecule has 0 spiro atoms. The largest absolute Gasteiger partial charge is 0.373 e. The van der Waals surface area contributed by atoms with E-state index in [0.29, 0.717) is 18.7 Å². The molecule has 2 N–H and O–H groups in total. The molecule has 2 aliphatic heterocycles. The number of ether oxygens (including phenoxy) is 2. The molecule has 4 atom stereocenters. The van der Waals surface area contributed by atoms with Crippen LogP contribution in [0.3, 0.4) is 0 Å². The van der Waals surface area contributed by atoms with Crippen molar-refractivity contribution in [1.82, 2.24) is 10.6 Å². The molecule has 2 fully saturated rings. The van der Waals surface area contributed by atoms with E-state index in [-0.39, 0.29) is 17.9 Å². The van der Waals surface area contributed by atoms with E-state index < -0.39 is 0 Å². The third-order valence-electron chi connectivity index (χ3n) is 4.63. The second kappa shape index (κ2) is 7.14. The standard InChI is InChI=1S/C19H28N2O2/c1-4-10-22-15-12-16(20-13-15)18-17(21-19(2,3)23-18)11-14-8-6-5-7-9-14/h4-9,15-18,20-21H,1,10-13H2,2-3H3. The monoisotopic (exact) mass is 316 g/mol. The van der Waals surface area contributed by atoms with E-state index in [0.717, 1.165) is 19.4 Å². The van der Waals surface area contributed by atoms with Crippen LogP contribution in [0, 0.1) is 0 Å². The van der Waals surface area contributed by atoms with Crippen LogP contribution in [0.15, 0.2) is 43.0 Å². The summed E-state index contributed by atoms with van der Waals surface area (Å²) in [5, 5.41) is 7.23. The zero-order valence-electron chi connectivity index (χ0n) is 14.1. The molecule has 4 nitrogen and oxygen atoms in total. The fourth-order valence-corrected chi connectivity index (χ4v) is 3.70. The third kappa shape index (κ3) is 4.21. The quantitative estimate of drug-likeness (QED) is 0.790. The highest BCUT2D eigenvalue weighted by Gasteiger charge is 2.45.